The Balaban J connectivity index is 1.89. The summed E-state index contributed by atoms with van der Waals surface area (Å²) in [6, 6.07) is 17.9. The van der Waals surface area contributed by atoms with Crippen LogP contribution >= 0.6 is 11.3 Å². The third-order valence-corrected chi connectivity index (χ3v) is 5.52. The van der Waals surface area contributed by atoms with E-state index < -0.39 is 11.9 Å². The molecular formula is C23H16N2O3S. The smallest absolute Gasteiger partial charge is 0.335 e. The van der Waals surface area contributed by atoms with Crippen LogP contribution in [0.15, 0.2) is 71.0 Å². The molecule has 0 fully saturated rings. The number of nitrogens with zero attached hydrogens (tertiary/aromatic N) is 2. The van der Waals surface area contributed by atoms with Gasteiger partial charge in [-0.1, -0.05) is 42.2 Å². The minimum Gasteiger partial charge on any atom is -0.478 e. The monoisotopic (exact) mass is 400 g/mol. The fourth-order valence-corrected chi connectivity index (χ4v) is 3.87. The molecular weight excluding hydrogens is 384 g/mol. The lowest BCUT2D eigenvalue weighted by Gasteiger charge is -2.13. The highest BCUT2D eigenvalue weighted by atomic mass is 32.1. The average molecular weight is 400 g/mol. The molecule has 29 heavy (non-hydrogen) atoms. The molecule has 0 radical (unpaired) electrons. The van der Waals surface area contributed by atoms with Gasteiger partial charge >= 0.3 is 5.97 Å². The highest BCUT2D eigenvalue weighted by Gasteiger charge is 2.19. The quantitative estimate of drug-likeness (QED) is 0.529. The van der Waals surface area contributed by atoms with E-state index in [-0.39, 0.29) is 11.1 Å². The number of aromatic nitrogens is 2. The lowest BCUT2D eigenvalue weighted by molar-refractivity contribution is 0.0697. The Morgan fingerprint density at radius 1 is 1.14 bits per heavy atom. The molecule has 0 saturated carbocycles. The third kappa shape index (κ3) is 3.68. The van der Waals surface area contributed by atoms with Crippen LogP contribution in [0.1, 0.15) is 38.5 Å². The predicted molar refractivity (Wildman–Crippen MR) is 113 cm³/mol. The molecule has 0 aliphatic heterocycles. The maximum atomic E-state index is 13.1. The van der Waals surface area contributed by atoms with Crippen LogP contribution in [0, 0.1) is 18.8 Å². The average Bonchev–Trinajstić information content (AvgIpc) is 3.24. The molecule has 2 aromatic carbocycles. The number of carboxylic acid groups (broad SMARTS) is 1. The predicted octanol–water partition coefficient (Wildman–Crippen LogP) is 3.95. The number of rotatable bonds is 3. The summed E-state index contributed by atoms with van der Waals surface area (Å²) in [5.41, 5.74) is 4.65. The van der Waals surface area contributed by atoms with E-state index in [0.29, 0.717) is 5.56 Å². The summed E-state index contributed by atoms with van der Waals surface area (Å²) in [7, 11) is 0. The van der Waals surface area contributed by atoms with Crippen LogP contribution in [0.3, 0.4) is 0 Å². The zero-order valence-corrected chi connectivity index (χ0v) is 16.3. The SMILES string of the molecule is Cc1cc(C(C#Cc2ccccc2)c2ccc(C(=O)O)cc2)c(=O)n2ncsc12. The standard InChI is InChI=1S/C23H16N2O3S/c1-15-13-20(21(26)25-22(15)29-14-24-25)19(12-7-16-5-3-2-4-6-16)17-8-10-18(11-9-17)23(27)28/h2-6,8-11,13-14,19H,1H3,(H,27,28). The van der Waals surface area contributed by atoms with Gasteiger partial charge in [-0.3, -0.25) is 4.79 Å². The summed E-state index contributed by atoms with van der Waals surface area (Å²) in [5, 5.41) is 13.3. The first kappa shape index (κ1) is 18.7. The number of carbonyl (C=O) groups is 1. The highest BCUT2D eigenvalue weighted by molar-refractivity contribution is 7.15. The molecule has 2 aromatic heterocycles. The van der Waals surface area contributed by atoms with Gasteiger partial charge in [0.05, 0.1) is 11.5 Å². The molecule has 4 aromatic rings. The van der Waals surface area contributed by atoms with Gasteiger partial charge in [-0.2, -0.15) is 9.61 Å². The van der Waals surface area contributed by atoms with Crippen LogP contribution in [0.5, 0.6) is 0 Å². The molecule has 0 spiro atoms. The van der Waals surface area contributed by atoms with Crippen LogP contribution in [0.25, 0.3) is 4.83 Å². The summed E-state index contributed by atoms with van der Waals surface area (Å²) in [4.78, 5) is 25.1. The summed E-state index contributed by atoms with van der Waals surface area (Å²) >= 11 is 1.41. The third-order valence-electron chi connectivity index (χ3n) is 4.60. The second-order valence-corrected chi connectivity index (χ2v) is 7.37. The largest absolute Gasteiger partial charge is 0.478 e. The molecule has 1 atom stereocenters. The molecule has 0 aliphatic carbocycles. The minimum atomic E-state index is -0.997. The van der Waals surface area contributed by atoms with E-state index in [4.69, 9.17) is 0 Å². The van der Waals surface area contributed by atoms with Crippen molar-refractivity contribution in [3.05, 3.63) is 104 Å². The van der Waals surface area contributed by atoms with E-state index in [1.54, 1.807) is 17.6 Å². The summed E-state index contributed by atoms with van der Waals surface area (Å²) in [6.45, 7) is 1.94. The summed E-state index contributed by atoms with van der Waals surface area (Å²) < 4.78 is 1.40. The van der Waals surface area contributed by atoms with Gasteiger partial charge in [0.2, 0.25) is 0 Å². The van der Waals surface area contributed by atoms with E-state index >= 15 is 0 Å². The number of aromatic carboxylic acids is 1. The number of benzene rings is 2. The number of fused-ring (bicyclic) bond motifs is 1. The molecule has 6 heteroatoms. The maximum absolute atomic E-state index is 13.1. The van der Waals surface area contributed by atoms with Gasteiger partial charge < -0.3 is 5.11 Å². The Kier molecular flexibility index (Phi) is 4.98. The molecule has 4 rings (SSSR count). The number of aryl methyl sites for hydroxylation is 1. The van der Waals surface area contributed by atoms with Crippen molar-refractivity contribution in [2.75, 3.05) is 0 Å². The van der Waals surface area contributed by atoms with E-state index in [1.165, 1.54) is 28.0 Å². The molecule has 0 amide bonds. The first-order chi connectivity index (χ1) is 14.0. The van der Waals surface area contributed by atoms with Gasteiger partial charge in [0, 0.05) is 11.1 Å². The van der Waals surface area contributed by atoms with Crippen LogP contribution in [0.4, 0.5) is 0 Å². The fourth-order valence-electron chi connectivity index (χ4n) is 3.15. The Bertz CT molecular complexity index is 1310. The number of hydrogen-bond donors (Lipinski definition) is 1. The van der Waals surface area contributed by atoms with Crippen molar-refractivity contribution in [1.29, 1.82) is 0 Å². The van der Waals surface area contributed by atoms with Gasteiger partial charge in [-0.15, -0.1) is 11.3 Å². The molecule has 2 heterocycles. The van der Waals surface area contributed by atoms with Gasteiger partial charge in [-0.25, -0.2) is 4.79 Å². The van der Waals surface area contributed by atoms with Gasteiger partial charge in [-0.05, 0) is 48.4 Å². The van der Waals surface area contributed by atoms with E-state index in [1.807, 2.05) is 43.3 Å². The van der Waals surface area contributed by atoms with Crippen molar-refractivity contribution < 1.29 is 9.90 Å². The van der Waals surface area contributed by atoms with Crippen LogP contribution in [-0.2, 0) is 0 Å². The summed E-state index contributed by atoms with van der Waals surface area (Å²) in [5.74, 6) is 4.83. The van der Waals surface area contributed by atoms with Crippen molar-refractivity contribution in [1.82, 2.24) is 9.61 Å². The van der Waals surface area contributed by atoms with Gasteiger partial charge in [0.1, 0.15) is 10.3 Å². The number of hydrogen-bond acceptors (Lipinski definition) is 4. The van der Waals surface area contributed by atoms with E-state index in [9.17, 15) is 14.7 Å². The van der Waals surface area contributed by atoms with Crippen LogP contribution < -0.4 is 5.56 Å². The molecule has 5 nitrogen and oxygen atoms in total. The lowest BCUT2D eigenvalue weighted by Crippen LogP contribution is -2.22. The van der Waals surface area contributed by atoms with Gasteiger partial charge in [0.25, 0.3) is 5.56 Å². The van der Waals surface area contributed by atoms with Crippen molar-refractivity contribution in [2.24, 2.45) is 0 Å². The van der Waals surface area contributed by atoms with Crippen molar-refractivity contribution in [2.45, 2.75) is 12.8 Å². The van der Waals surface area contributed by atoms with E-state index in [0.717, 1.165) is 21.5 Å². The highest BCUT2D eigenvalue weighted by Crippen LogP contribution is 2.25. The molecule has 1 N–H and O–H groups in total. The topological polar surface area (TPSA) is 71.7 Å². The maximum Gasteiger partial charge on any atom is 0.335 e. The van der Waals surface area contributed by atoms with Crippen molar-refractivity contribution in [3.63, 3.8) is 0 Å². The van der Waals surface area contributed by atoms with Gasteiger partial charge in [0.15, 0.2) is 0 Å². The fraction of sp³-hybridized carbons (Fsp3) is 0.0870. The number of pyridine rings is 1. The zero-order chi connectivity index (χ0) is 20.4. The minimum absolute atomic E-state index is 0.186. The normalized spacial score (nSPS) is 11.6. The first-order valence-corrected chi connectivity index (χ1v) is 9.78. The lowest BCUT2D eigenvalue weighted by atomic mass is 9.91. The molecule has 0 aliphatic rings. The molecule has 142 valence electrons. The Labute approximate surface area is 170 Å². The Morgan fingerprint density at radius 2 is 1.86 bits per heavy atom. The van der Waals surface area contributed by atoms with Crippen LogP contribution in [0.2, 0.25) is 0 Å². The van der Waals surface area contributed by atoms with Crippen LogP contribution in [-0.4, -0.2) is 20.7 Å². The molecule has 1 unspecified atom stereocenters. The molecule has 0 saturated heterocycles. The molecule has 0 bridgehead atoms. The second-order valence-electron chi connectivity index (χ2n) is 6.54. The van der Waals surface area contributed by atoms with E-state index in [2.05, 4.69) is 16.9 Å². The van der Waals surface area contributed by atoms with Crippen molar-refractivity contribution in [3.8, 4) is 11.8 Å². The number of carboxylic acids is 1. The first-order valence-electron chi connectivity index (χ1n) is 8.90. The second kappa shape index (κ2) is 7.74. The Morgan fingerprint density at radius 3 is 2.55 bits per heavy atom. The summed E-state index contributed by atoms with van der Waals surface area (Å²) in [6.07, 6.45) is 0. The Hall–Kier alpha value is -3.69. The zero-order valence-electron chi connectivity index (χ0n) is 15.5. The van der Waals surface area contributed by atoms with Crippen molar-refractivity contribution >= 4 is 22.1 Å².